The van der Waals surface area contributed by atoms with Crippen LogP contribution in [0.5, 0.6) is 0 Å². The third kappa shape index (κ3) is 9.65. The number of nitrogens with one attached hydrogen (secondary N) is 2. The monoisotopic (exact) mass is 436 g/mol. The molecule has 2 N–H and O–H groups in total. The first-order valence-corrected chi connectivity index (χ1v) is 11.3. The topological polar surface area (TPSA) is 75.2 Å². The van der Waals surface area contributed by atoms with E-state index in [9.17, 15) is 9.18 Å². The highest BCUT2D eigenvalue weighted by atomic mass is 19.1. The van der Waals surface area contributed by atoms with E-state index in [1.807, 2.05) is 19.1 Å². The van der Waals surface area contributed by atoms with Crippen LogP contribution >= 0.6 is 0 Å². The Morgan fingerprint density at radius 3 is 2.55 bits per heavy atom. The number of carbonyl (C=O) groups excluding carboxylic acids is 1. The summed E-state index contributed by atoms with van der Waals surface area (Å²) in [5.74, 6) is 0.422. The van der Waals surface area contributed by atoms with E-state index in [2.05, 4.69) is 20.5 Å². The zero-order valence-corrected chi connectivity index (χ0v) is 18.9. The first-order valence-electron chi connectivity index (χ1n) is 11.3. The quantitative estimate of drug-likeness (QED) is 0.227. The Morgan fingerprint density at radius 1 is 1.16 bits per heavy atom. The van der Waals surface area contributed by atoms with Gasteiger partial charge in [-0.3, -0.25) is 14.7 Å². The maximum Gasteiger partial charge on any atom is 0.305 e. The highest BCUT2D eigenvalue weighted by Gasteiger charge is 2.23. The molecule has 0 aliphatic carbocycles. The van der Waals surface area contributed by atoms with E-state index >= 15 is 0 Å². The smallest absolute Gasteiger partial charge is 0.305 e. The number of hydrogen-bond donors (Lipinski definition) is 2. The predicted octanol–water partition coefficient (Wildman–Crippen LogP) is 2.88. The van der Waals surface area contributed by atoms with Gasteiger partial charge in [0.25, 0.3) is 0 Å². The van der Waals surface area contributed by atoms with E-state index in [0.717, 1.165) is 56.8 Å². The lowest BCUT2D eigenvalue weighted by Crippen LogP contribution is -2.46. The van der Waals surface area contributed by atoms with Crippen molar-refractivity contribution >= 4 is 11.9 Å². The van der Waals surface area contributed by atoms with Gasteiger partial charge in [-0.05, 0) is 37.5 Å². The van der Waals surface area contributed by atoms with Crippen LogP contribution in [0, 0.1) is 5.82 Å². The molecule has 0 amide bonds. The first kappa shape index (κ1) is 25.1. The average Bonchev–Trinajstić information content (AvgIpc) is 2.79. The van der Waals surface area contributed by atoms with E-state index < -0.39 is 0 Å². The minimum atomic E-state index is -0.225. The fourth-order valence-corrected chi connectivity index (χ4v) is 3.63. The number of carbonyl (C=O) groups is 1. The van der Waals surface area contributed by atoms with E-state index in [1.54, 1.807) is 7.05 Å². The lowest BCUT2D eigenvalue weighted by atomic mass is 10.0. The van der Waals surface area contributed by atoms with Gasteiger partial charge in [0.15, 0.2) is 5.96 Å². The van der Waals surface area contributed by atoms with Crippen molar-refractivity contribution in [3.63, 3.8) is 0 Å². The largest absolute Gasteiger partial charge is 0.466 e. The Bertz CT molecular complexity index is 663. The number of ether oxygens (including phenoxy) is 2. The second kappa shape index (κ2) is 14.8. The van der Waals surface area contributed by atoms with Crippen LogP contribution in [0.25, 0.3) is 0 Å². The number of unbranched alkanes of at least 4 members (excludes halogenated alkanes) is 3. The molecular weight excluding hydrogens is 399 g/mol. The molecule has 1 aromatic carbocycles. The number of rotatable bonds is 12. The number of nitrogens with zero attached hydrogens (tertiary/aromatic N) is 2. The van der Waals surface area contributed by atoms with Crippen LogP contribution in [0.4, 0.5) is 4.39 Å². The summed E-state index contributed by atoms with van der Waals surface area (Å²) in [6, 6.07) is 6.84. The van der Waals surface area contributed by atoms with Crippen LogP contribution in [-0.2, 0) is 14.3 Å². The van der Waals surface area contributed by atoms with Gasteiger partial charge in [-0.2, -0.15) is 0 Å². The van der Waals surface area contributed by atoms with Crippen molar-refractivity contribution in [1.29, 1.82) is 0 Å². The third-order valence-electron chi connectivity index (χ3n) is 5.33. The maximum absolute atomic E-state index is 13.4. The van der Waals surface area contributed by atoms with Crippen LogP contribution in [0.2, 0.25) is 0 Å². The molecule has 8 heteroatoms. The Balaban J connectivity index is 1.73. The second-order valence-corrected chi connectivity index (χ2v) is 7.56. The van der Waals surface area contributed by atoms with Crippen LogP contribution in [0.1, 0.15) is 50.6 Å². The lowest BCUT2D eigenvalue weighted by molar-refractivity contribution is -0.143. The highest BCUT2D eigenvalue weighted by molar-refractivity contribution is 5.79. The highest BCUT2D eigenvalue weighted by Crippen LogP contribution is 2.21. The number of morpholine rings is 1. The Kier molecular flexibility index (Phi) is 11.9. The summed E-state index contributed by atoms with van der Waals surface area (Å²) in [4.78, 5) is 18.0. The van der Waals surface area contributed by atoms with Gasteiger partial charge in [-0.1, -0.05) is 25.0 Å². The zero-order chi connectivity index (χ0) is 22.3. The number of hydrogen-bond acceptors (Lipinski definition) is 5. The summed E-state index contributed by atoms with van der Waals surface area (Å²) < 4.78 is 23.8. The molecule has 1 aliphatic heterocycles. The second-order valence-electron chi connectivity index (χ2n) is 7.56. The first-order chi connectivity index (χ1) is 15.1. The van der Waals surface area contributed by atoms with Crippen molar-refractivity contribution in [2.24, 2.45) is 4.99 Å². The van der Waals surface area contributed by atoms with Crippen LogP contribution in [-0.4, -0.2) is 69.9 Å². The van der Waals surface area contributed by atoms with Gasteiger partial charge in [0.1, 0.15) is 5.82 Å². The SMILES string of the molecule is CCOC(=O)CCCCCCNC(=NC)NCC(c1ccc(F)cc1)N1CCOCC1. The van der Waals surface area contributed by atoms with Crippen LogP contribution in [0.15, 0.2) is 29.3 Å². The van der Waals surface area contributed by atoms with Crippen molar-refractivity contribution in [3.8, 4) is 0 Å². The molecule has 1 aliphatic rings. The van der Waals surface area contributed by atoms with Crippen molar-refractivity contribution in [3.05, 3.63) is 35.6 Å². The Hall–Kier alpha value is -2.19. The number of halogens is 1. The van der Waals surface area contributed by atoms with Gasteiger partial charge in [0.2, 0.25) is 0 Å². The number of aliphatic imine (C=N–C) groups is 1. The molecule has 0 radical (unpaired) electrons. The van der Waals surface area contributed by atoms with Crippen molar-refractivity contribution < 1.29 is 18.7 Å². The van der Waals surface area contributed by atoms with Gasteiger partial charge < -0.3 is 20.1 Å². The van der Waals surface area contributed by atoms with E-state index in [1.165, 1.54) is 12.1 Å². The van der Waals surface area contributed by atoms with Crippen LogP contribution in [0.3, 0.4) is 0 Å². The molecular formula is C23H37FN4O3. The number of benzene rings is 1. The molecule has 1 atom stereocenters. The van der Waals surface area contributed by atoms with Gasteiger partial charge >= 0.3 is 5.97 Å². The molecule has 174 valence electrons. The van der Waals surface area contributed by atoms with Crippen LogP contribution < -0.4 is 10.6 Å². The van der Waals surface area contributed by atoms with Gasteiger partial charge in [-0.25, -0.2) is 4.39 Å². The molecule has 1 unspecified atom stereocenters. The molecule has 31 heavy (non-hydrogen) atoms. The Labute approximate surface area is 185 Å². The standard InChI is InChI=1S/C23H37FN4O3/c1-3-31-22(29)8-6-4-5-7-13-26-23(25-2)27-18-21(28-14-16-30-17-15-28)19-9-11-20(24)12-10-19/h9-12,21H,3-8,13-18H2,1-2H3,(H2,25,26,27). The van der Waals surface area contributed by atoms with E-state index in [4.69, 9.17) is 9.47 Å². The zero-order valence-electron chi connectivity index (χ0n) is 18.9. The fourth-order valence-electron chi connectivity index (χ4n) is 3.63. The fraction of sp³-hybridized carbons (Fsp3) is 0.652. The Morgan fingerprint density at radius 2 is 1.87 bits per heavy atom. The van der Waals surface area contributed by atoms with Gasteiger partial charge in [0, 0.05) is 39.6 Å². The summed E-state index contributed by atoms with van der Waals surface area (Å²) >= 11 is 0. The molecule has 0 spiro atoms. The normalized spacial score (nSPS) is 16.0. The molecule has 1 heterocycles. The summed E-state index contributed by atoms with van der Waals surface area (Å²) in [5, 5.41) is 6.76. The molecule has 1 aromatic rings. The van der Waals surface area contributed by atoms with Gasteiger partial charge in [0.05, 0.1) is 25.9 Å². The number of esters is 1. The molecule has 0 bridgehead atoms. The minimum Gasteiger partial charge on any atom is -0.466 e. The number of guanidine groups is 1. The van der Waals surface area contributed by atoms with Crippen molar-refractivity contribution in [2.45, 2.75) is 45.1 Å². The maximum atomic E-state index is 13.4. The molecule has 0 saturated carbocycles. The summed E-state index contributed by atoms with van der Waals surface area (Å²) in [6.45, 7) is 6.88. The summed E-state index contributed by atoms with van der Waals surface area (Å²) in [5.41, 5.74) is 1.08. The summed E-state index contributed by atoms with van der Waals surface area (Å²) in [6.07, 6.45) is 4.43. The summed E-state index contributed by atoms with van der Waals surface area (Å²) in [7, 11) is 1.76. The van der Waals surface area contributed by atoms with E-state index in [-0.39, 0.29) is 17.8 Å². The molecule has 7 nitrogen and oxygen atoms in total. The molecule has 0 aromatic heterocycles. The molecule has 1 saturated heterocycles. The minimum absolute atomic E-state index is 0.110. The predicted molar refractivity (Wildman–Crippen MR) is 121 cm³/mol. The van der Waals surface area contributed by atoms with Crippen molar-refractivity contribution in [1.82, 2.24) is 15.5 Å². The van der Waals surface area contributed by atoms with Crippen molar-refractivity contribution in [2.75, 3.05) is 53.0 Å². The van der Waals surface area contributed by atoms with E-state index in [0.29, 0.717) is 32.8 Å². The lowest BCUT2D eigenvalue weighted by Gasteiger charge is -2.35. The third-order valence-corrected chi connectivity index (χ3v) is 5.33. The molecule has 1 fully saturated rings. The van der Waals surface area contributed by atoms with Gasteiger partial charge in [-0.15, -0.1) is 0 Å². The average molecular weight is 437 g/mol. The molecule has 2 rings (SSSR count).